The Morgan fingerprint density at radius 3 is 2.43 bits per heavy atom. The number of hydrogen-bond donors (Lipinski definition) is 0. The first-order valence-electron chi connectivity index (χ1n) is 8.54. The van der Waals surface area contributed by atoms with Crippen molar-refractivity contribution in [3.63, 3.8) is 0 Å². The Kier molecular flexibility index (Phi) is 4.43. The number of nitriles is 1. The summed E-state index contributed by atoms with van der Waals surface area (Å²) in [6, 6.07) is 2.49. The van der Waals surface area contributed by atoms with Gasteiger partial charge in [0.05, 0.1) is 5.56 Å². The van der Waals surface area contributed by atoms with E-state index in [0.717, 1.165) is 50.2 Å². The first kappa shape index (κ1) is 14.4. The van der Waals surface area contributed by atoms with Crippen LogP contribution in [-0.4, -0.2) is 18.1 Å². The number of aryl methyl sites for hydroxylation is 1. The zero-order valence-electron chi connectivity index (χ0n) is 13.1. The molecule has 0 aromatic carbocycles. The Morgan fingerprint density at radius 1 is 1.05 bits per heavy atom. The number of piperidine rings is 1. The third kappa shape index (κ3) is 2.77. The molecule has 1 aromatic heterocycles. The van der Waals surface area contributed by atoms with Crippen molar-refractivity contribution in [1.82, 2.24) is 4.98 Å². The van der Waals surface area contributed by atoms with E-state index < -0.39 is 0 Å². The van der Waals surface area contributed by atoms with E-state index in [1.807, 2.05) is 0 Å². The van der Waals surface area contributed by atoms with Gasteiger partial charge in [-0.2, -0.15) is 5.26 Å². The van der Waals surface area contributed by atoms with Crippen molar-refractivity contribution in [2.24, 2.45) is 0 Å². The minimum Gasteiger partial charge on any atom is -0.356 e. The van der Waals surface area contributed by atoms with E-state index in [1.54, 1.807) is 0 Å². The quantitative estimate of drug-likeness (QED) is 0.847. The predicted molar refractivity (Wildman–Crippen MR) is 85.7 cm³/mol. The number of pyridine rings is 1. The largest absolute Gasteiger partial charge is 0.356 e. The van der Waals surface area contributed by atoms with Crippen molar-refractivity contribution >= 4 is 5.82 Å². The van der Waals surface area contributed by atoms with Crippen LogP contribution in [0.1, 0.15) is 67.8 Å². The standard InChI is InChI=1S/C18H25N3/c1-2-8-17-15-10-5-4-9-14(15)16(13-19)18(20-17)21-11-6-3-7-12-21/h2-12H2,1H3. The summed E-state index contributed by atoms with van der Waals surface area (Å²) in [5, 5.41) is 9.71. The van der Waals surface area contributed by atoms with Crippen molar-refractivity contribution in [3.8, 4) is 6.07 Å². The maximum absolute atomic E-state index is 9.71. The van der Waals surface area contributed by atoms with Gasteiger partial charge in [0, 0.05) is 18.8 Å². The third-order valence-electron chi connectivity index (χ3n) is 4.84. The molecule has 1 aromatic rings. The maximum atomic E-state index is 9.71. The normalized spacial score (nSPS) is 18.2. The number of hydrogen-bond acceptors (Lipinski definition) is 3. The summed E-state index contributed by atoms with van der Waals surface area (Å²) in [5.74, 6) is 0.987. The van der Waals surface area contributed by atoms with Crippen LogP contribution < -0.4 is 4.90 Å². The molecular weight excluding hydrogens is 258 g/mol. The van der Waals surface area contributed by atoms with Gasteiger partial charge in [-0.3, -0.25) is 0 Å². The van der Waals surface area contributed by atoms with Gasteiger partial charge in [0.25, 0.3) is 0 Å². The van der Waals surface area contributed by atoms with Crippen molar-refractivity contribution in [2.45, 2.75) is 64.7 Å². The van der Waals surface area contributed by atoms with E-state index in [1.165, 1.54) is 48.9 Å². The lowest BCUT2D eigenvalue weighted by Crippen LogP contribution is -2.32. The Hall–Kier alpha value is -1.56. The highest BCUT2D eigenvalue weighted by Gasteiger charge is 2.25. The Balaban J connectivity index is 2.09. The van der Waals surface area contributed by atoms with Crippen LogP contribution in [0.4, 0.5) is 5.82 Å². The Labute approximate surface area is 128 Å². The zero-order chi connectivity index (χ0) is 14.7. The zero-order valence-corrected chi connectivity index (χ0v) is 13.1. The summed E-state index contributed by atoms with van der Waals surface area (Å²) in [6.07, 6.45) is 10.6. The molecule has 112 valence electrons. The summed E-state index contributed by atoms with van der Waals surface area (Å²) in [5.41, 5.74) is 4.88. The minimum atomic E-state index is 0.881. The topological polar surface area (TPSA) is 39.9 Å². The van der Waals surface area contributed by atoms with Gasteiger partial charge in [-0.05, 0) is 62.5 Å². The summed E-state index contributed by atoms with van der Waals surface area (Å²) in [7, 11) is 0. The molecule has 1 aliphatic carbocycles. The van der Waals surface area contributed by atoms with Crippen molar-refractivity contribution in [2.75, 3.05) is 18.0 Å². The monoisotopic (exact) mass is 283 g/mol. The van der Waals surface area contributed by atoms with Gasteiger partial charge in [-0.1, -0.05) is 13.3 Å². The van der Waals surface area contributed by atoms with E-state index in [9.17, 15) is 5.26 Å². The van der Waals surface area contributed by atoms with Gasteiger partial charge in [-0.15, -0.1) is 0 Å². The Bertz CT molecular complexity index is 551. The van der Waals surface area contributed by atoms with Crippen LogP contribution in [0.3, 0.4) is 0 Å². The highest BCUT2D eigenvalue weighted by atomic mass is 15.2. The maximum Gasteiger partial charge on any atom is 0.147 e. The molecule has 3 rings (SSSR count). The van der Waals surface area contributed by atoms with E-state index >= 15 is 0 Å². The molecule has 0 saturated carbocycles. The van der Waals surface area contributed by atoms with Gasteiger partial charge in [-0.25, -0.2) is 4.98 Å². The molecular formula is C18H25N3. The van der Waals surface area contributed by atoms with Gasteiger partial charge >= 0.3 is 0 Å². The van der Waals surface area contributed by atoms with Crippen molar-refractivity contribution in [1.29, 1.82) is 5.26 Å². The predicted octanol–water partition coefficient (Wildman–Crippen LogP) is 3.77. The molecule has 0 spiro atoms. The SMILES string of the molecule is CCCc1nc(N2CCCCC2)c(C#N)c2c1CCCC2. The number of nitrogens with zero attached hydrogens (tertiary/aromatic N) is 3. The average Bonchev–Trinajstić information content (AvgIpc) is 2.55. The third-order valence-corrected chi connectivity index (χ3v) is 4.84. The summed E-state index contributed by atoms with van der Waals surface area (Å²) in [4.78, 5) is 7.33. The van der Waals surface area contributed by atoms with Crippen molar-refractivity contribution < 1.29 is 0 Å². The fourth-order valence-electron chi connectivity index (χ4n) is 3.78. The molecule has 0 bridgehead atoms. The molecule has 1 fully saturated rings. The summed E-state index contributed by atoms with van der Waals surface area (Å²) >= 11 is 0. The Morgan fingerprint density at radius 2 is 1.76 bits per heavy atom. The number of aromatic nitrogens is 1. The van der Waals surface area contributed by atoms with Crippen LogP contribution in [0.25, 0.3) is 0 Å². The summed E-state index contributed by atoms with van der Waals surface area (Å²) < 4.78 is 0. The smallest absolute Gasteiger partial charge is 0.147 e. The fraction of sp³-hybridized carbons (Fsp3) is 0.667. The van der Waals surface area contributed by atoms with Gasteiger partial charge in [0.1, 0.15) is 11.9 Å². The molecule has 2 heterocycles. The first-order valence-corrected chi connectivity index (χ1v) is 8.54. The molecule has 3 nitrogen and oxygen atoms in total. The van der Waals surface area contributed by atoms with Crippen LogP contribution in [0.5, 0.6) is 0 Å². The molecule has 2 aliphatic rings. The molecule has 0 atom stereocenters. The average molecular weight is 283 g/mol. The highest BCUT2D eigenvalue weighted by molar-refractivity contribution is 5.61. The molecule has 1 saturated heterocycles. The highest BCUT2D eigenvalue weighted by Crippen LogP contribution is 2.33. The second-order valence-corrected chi connectivity index (χ2v) is 6.33. The number of fused-ring (bicyclic) bond motifs is 1. The van der Waals surface area contributed by atoms with E-state index in [2.05, 4.69) is 17.9 Å². The lowest BCUT2D eigenvalue weighted by molar-refractivity contribution is 0.570. The van der Waals surface area contributed by atoms with E-state index in [0.29, 0.717) is 0 Å². The molecule has 3 heteroatoms. The van der Waals surface area contributed by atoms with Crippen LogP contribution in [-0.2, 0) is 19.3 Å². The van der Waals surface area contributed by atoms with Gasteiger partial charge in [0.2, 0.25) is 0 Å². The fourth-order valence-corrected chi connectivity index (χ4v) is 3.78. The van der Waals surface area contributed by atoms with Gasteiger partial charge in [0.15, 0.2) is 0 Å². The summed E-state index contributed by atoms with van der Waals surface area (Å²) in [6.45, 7) is 4.34. The second-order valence-electron chi connectivity index (χ2n) is 6.33. The lowest BCUT2D eigenvalue weighted by Gasteiger charge is -2.31. The van der Waals surface area contributed by atoms with Crippen molar-refractivity contribution in [3.05, 3.63) is 22.4 Å². The van der Waals surface area contributed by atoms with Crippen LogP contribution in [0.15, 0.2) is 0 Å². The molecule has 0 amide bonds. The molecule has 0 unspecified atom stereocenters. The molecule has 1 aliphatic heterocycles. The van der Waals surface area contributed by atoms with Gasteiger partial charge < -0.3 is 4.90 Å². The van der Waals surface area contributed by atoms with Crippen LogP contribution in [0, 0.1) is 11.3 Å². The van der Waals surface area contributed by atoms with Crippen LogP contribution >= 0.6 is 0 Å². The minimum absolute atomic E-state index is 0.881. The molecule has 0 N–H and O–H groups in total. The van der Waals surface area contributed by atoms with E-state index in [4.69, 9.17) is 4.98 Å². The first-order chi connectivity index (χ1) is 10.3. The number of anilines is 1. The molecule has 21 heavy (non-hydrogen) atoms. The molecule has 0 radical (unpaired) electrons. The lowest BCUT2D eigenvalue weighted by atomic mass is 9.86. The number of rotatable bonds is 3. The van der Waals surface area contributed by atoms with Crippen LogP contribution in [0.2, 0.25) is 0 Å². The van der Waals surface area contributed by atoms with E-state index in [-0.39, 0.29) is 0 Å². The second kappa shape index (κ2) is 6.47.